The molecule has 27 heavy (non-hydrogen) atoms. The maximum absolute atomic E-state index is 6.05. The lowest BCUT2D eigenvalue weighted by molar-refractivity contribution is 0.169. The molecule has 3 nitrogen and oxygen atoms in total. The van der Waals surface area contributed by atoms with Crippen molar-refractivity contribution in [1.29, 1.82) is 0 Å². The van der Waals surface area contributed by atoms with Crippen LogP contribution < -0.4 is 9.47 Å². The molecule has 0 spiro atoms. The Morgan fingerprint density at radius 2 is 1.67 bits per heavy atom. The Kier molecular flexibility index (Phi) is 9.71. The van der Waals surface area contributed by atoms with Crippen molar-refractivity contribution in [3.05, 3.63) is 59.7 Å². The summed E-state index contributed by atoms with van der Waals surface area (Å²) < 4.78 is 17.2. The van der Waals surface area contributed by atoms with Crippen LogP contribution in [0, 0.1) is 11.8 Å². The third-order valence-corrected chi connectivity index (χ3v) is 5.47. The third-order valence-electron chi connectivity index (χ3n) is 4.63. The van der Waals surface area contributed by atoms with E-state index in [0.717, 1.165) is 35.2 Å². The molecule has 4 heteroatoms. The van der Waals surface area contributed by atoms with Gasteiger partial charge in [-0.3, -0.25) is 0 Å². The molecule has 1 atom stereocenters. The first-order valence-corrected chi connectivity index (χ1v) is 10.7. The van der Waals surface area contributed by atoms with E-state index in [-0.39, 0.29) is 0 Å². The summed E-state index contributed by atoms with van der Waals surface area (Å²) in [7, 11) is 1.71. The number of alkyl halides is 1. The highest BCUT2D eigenvalue weighted by Gasteiger charge is 2.15. The molecule has 0 fully saturated rings. The Hall–Kier alpha value is -1.52. The first kappa shape index (κ1) is 21.8. The molecule has 0 aliphatic rings. The quantitative estimate of drug-likeness (QED) is 0.307. The summed E-state index contributed by atoms with van der Waals surface area (Å²) in [4.78, 5) is 0. The number of halogens is 1. The molecule has 0 aliphatic carbocycles. The molecule has 0 N–H and O–H groups in total. The van der Waals surface area contributed by atoms with Gasteiger partial charge in [0, 0.05) is 25.5 Å². The van der Waals surface area contributed by atoms with Gasteiger partial charge in [0.15, 0.2) is 11.5 Å². The summed E-state index contributed by atoms with van der Waals surface area (Å²) in [6, 6.07) is 16.5. The Morgan fingerprint density at radius 1 is 0.889 bits per heavy atom. The Labute approximate surface area is 172 Å². The zero-order valence-corrected chi connectivity index (χ0v) is 18.2. The van der Waals surface area contributed by atoms with Gasteiger partial charge in [0.1, 0.15) is 6.61 Å². The van der Waals surface area contributed by atoms with E-state index >= 15 is 0 Å². The minimum atomic E-state index is 0.532. The van der Waals surface area contributed by atoms with E-state index in [1.807, 2.05) is 24.3 Å². The second-order valence-electron chi connectivity index (χ2n) is 7.11. The number of benzene rings is 2. The molecule has 0 amide bonds. The van der Waals surface area contributed by atoms with Crippen LogP contribution >= 0.6 is 15.9 Å². The molecule has 2 rings (SSSR count). The van der Waals surface area contributed by atoms with Crippen LogP contribution in [0.5, 0.6) is 11.5 Å². The van der Waals surface area contributed by atoms with Gasteiger partial charge in [-0.2, -0.15) is 0 Å². The van der Waals surface area contributed by atoms with Gasteiger partial charge >= 0.3 is 0 Å². The van der Waals surface area contributed by atoms with Gasteiger partial charge in [-0.05, 0) is 41.5 Å². The summed E-state index contributed by atoms with van der Waals surface area (Å²) in [5.74, 6) is 2.84. The zero-order valence-electron chi connectivity index (χ0n) is 16.6. The number of hydrogen-bond donors (Lipinski definition) is 0. The van der Waals surface area contributed by atoms with Crippen LogP contribution in [0.25, 0.3) is 0 Å². The molecule has 0 aliphatic heterocycles. The van der Waals surface area contributed by atoms with E-state index in [0.29, 0.717) is 31.7 Å². The van der Waals surface area contributed by atoms with Crippen LogP contribution in [0.3, 0.4) is 0 Å². The van der Waals surface area contributed by atoms with Crippen LogP contribution in [0.15, 0.2) is 48.5 Å². The highest BCUT2D eigenvalue weighted by molar-refractivity contribution is 9.09. The largest absolute Gasteiger partial charge is 0.490 e. The summed E-state index contributed by atoms with van der Waals surface area (Å²) in [5.41, 5.74) is 2.42. The molecule has 2 aromatic rings. The second-order valence-corrected chi connectivity index (χ2v) is 7.76. The number of methoxy groups -OCH3 is 1. The second kappa shape index (κ2) is 12.0. The molecule has 2 aromatic carbocycles. The van der Waals surface area contributed by atoms with Crippen molar-refractivity contribution in [2.45, 2.75) is 33.3 Å². The lowest BCUT2D eigenvalue weighted by Crippen LogP contribution is -2.13. The first-order chi connectivity index (χ1) is 13.1. The van der Waals surface area contributed by atoms with E-state index in [4.69, 9.17) is 14.2 Å². The minimum absolute atomic E-state index is 0.532. The highest BCUT2D eigenvalue weighted by Crippen LogP contribution is 2.31. The molecular weight excluding hydrogens is 404 g/mol. The third kappa shape index (κ3) is 7.55. The van der Waals surface area contributed by atoms with Crippen molar-refractivity contribution in [1.82, 2.24) is 0 Å². The molecule has 1 unspecified atom stereocenters. The summed E-state index contributed by atoms with van der Waals surface area (Å²) in [6.45, 7) is 6.38. The molecule has 0 saturated heterocycles. The molecule has 0 radical (unpaired) electrons. The van der Waals surface area contributed by atoms with E-state index in [9.17, 15) is 0 Å². The lowest BCUT2D eigenvalue weighted by atomic mass is 9.91. The predicted molar refractivity (Wildman–Crippen MR) is 115 cm³/mol. The monoisotopic (exact) mass is 434 g/mol. The molecule has 0 bridgehead atoms. The van der Waals surface area contributed by atoms with E-state index in [1.165, 1.54) is 5.56 Å². The van der Waals surface area contributed by atoms with Gasteiger partial charge in [-0.25, -0.2) is 0 Å². The Morgan fingerprint density at radius 3 is 2.33 bits per heavy atom. The van der Waals surface area contributed by atoms with E-state index in [1.54, 1.807) is 7.11 Å². The van der Waals surface area contributed by atoms with Gasteiger partial charge < -0.3 is 14.2 Å². The van der Waals surface area contributed by atoms with Crippen molar-refractivity contribution in [3.63, 3.8) is 0 Å². The van der Waals surface area contributed by atoms with Gasteiger partial charge in [-0.1, -0.05) is 66.2 Å². The zero-order chi connectivity index (χ0) is 19.5. The Bertz CT molecular complexity index is 658. The van der Waals surface area contributed by atoms with Crippen molar-refractivity contribution >= 4 is 15.9 Å². The van der Waals surface area contributed by atoms with E-state index in [2.05, 4.69) is 54.0 Å². The fourth-order valence-electron chi connectivity index (χ4n) is 2.80. The van der Waals surface area contributed by atoms with Gasteiger partial charge in [0.25, 0.3) is 0 Å². The predicted octanol–water partition coefficient (Wildman–Crippen LogP) is 5.89. The maximum atomic E-state index is 6.05. The SMILES string of the molecule is COCCCOc1cc(CC(CBr)C(C)C)ccc1OCc1ccccc1. The average Bonchev–Trinajstić information content (AvgIpc) is 2.69. The average molecular weight is 435 g/mol. The van der Waals surface area contributed by atoms with Crippen molar-refractivity contribution in [2.75, 3.05) is 25.7 Å². The highest BCUT2D eigenvalue weighted by atomic mass is 79.9. The number of ether oxygens (including phenoxy) is 3. The van der Waals surface area contributed by atoms with Crippen molar-refractivity contribution in [2.24, 2.45) is 11.8 Å². The molecular formula is C23H31BrO3. The lowest BCUT2D eigenvalue weighted by Gasteiger charge is -2.19. The van der Waals surface area contributed by atoms with E-state index < -0.39 is 0 Å². The smallest absolute Gasteiger partial charge is 0.161 e. The molecule has 0 saturated carbocycles. The van der Waals surface area contributed by atoms with Crippen LogP contribution in [-0.4, -0.2) is 25.7 Å². The number of hydrogen-bond acceptors (Lipinski definition) is 3. The summed E-state index contributed by atoms with van der Waals surface area (Å²) in [6.07, 6.45) is 1.88. The standard InChI is InChI=1S/C23H31BrO3/c1-18(2)21(16-24)14-20-10-11-22(23(15-20)26-13-7-12-25-3)27-17-19-8-5-4-6-9-19/h4-6,8-11,15,18,21H,7,12-14,16-17H2,1-3H3. The summed E-state index contributed by atoms with van der Waals surface area (Å²) in [5, 5.41) is 1.00. The van der Waals surface area contributed by atoms with Crippen molar-refractivity contribution in [3.8, 4) is 11.5 Å². The molecule has 148 valence electrons. The fourth-order valence-corrected chi connectivity index (χ4v) is 3.78. The van der Waals surface area contributed by atoms with Gasteiger partial charge in [0.05, 0.1) is 6.61 Å². The maximum Gasteiger partial charge on any atom is 0.161 e. The van der Waals surface area contributed by atoms with Crippen LogP contribution in [0.4, 0.5) is 0 Å². The van der Waals surface area contributed by atoms with Crippen LogP contribution in [0.1, 0.15) is 31.4 Å². The number of rotatable bonds is 12. The fraction of sp³-hybridized carbons (Fsp3) is 0.478. The van der Waals surface area contributed by atoms with Gasteiger partial charge in [-0.15, -0.1) is 0 Å². The minimum Gasteiger partial charge on any atom is -0.490 e. The van der Waals surface area contributed by atoms with Crippen LogP contribution in [-0.2, 0) is 17.8 Å². The summed E-state index contributed by atoms with van der Waals surface area (Å²) >= 11 is 3.65. The van der Waals surface area contributed by atoms with Gasteiger partial charge in [0.2, 0.25) is 0 Å². The molecule has 0 aromatic heterocycles. The van der Waals surface area contributed by atoms with Crippen molar-refractivity contribution < 1.29 is 14.2 Å². The first-order valence-electron chi connectivity index (χ1n) is 9.61. The topological polar surface area (TPSA) is 27.7 Å². The Balaban J connectivity index is 2.10. The van der Waals surface area contributed by atoms with Crippen LogP contribution in [0.2, 0.25) is 0 Å². The normalized spacial score (nSPS) is 12.2. The molecule has 0 heterocycles.